The van der Waals surface area contributed by atoms with Crippen LogP contribution in [0.15, 0.2) is 30.3 Å². The number of aromatic nitrogens is 1. The molecule has 128 valence electrons. The molecule has 0 aliphatic heterocycles. The third kappa shape index (κ3) is 3.71. The van der Waals surface area contributed by atoms with E-state index in [0.717, 1.165) is 0 Å². The minimum absolute atomic E-state index is 0.125. The third-order valence-electron chi connectivity index (χ3n) is 3.37. The summed E-state index contributed by atoms with van der Waals surface area (Å²) in [5.74, 6) is 1.10. The van der Waals surface area contributed by atoms with Crippen molar-refractivity contribution >= 4 is 23.2 Å². The number of hydrogen-bond donors (Lipinski definition) is 0. The number of hydrogen-bond acceptors (Lipinski definition) is 5. The zero-order chi connectivity index (χ0) is 17.7. The number of carbonyl (C=O) groups is 1. The van der Waals surface area contributed by atoms with Crippen molar-refractivity contribution in [2.24, 2.45) is 0 Å². The first-order valence-electron chi connectivity index (χ1n) is 7.31. The van der Waals surface area contributed by atoms with Crippen LogP contribution in [-0.2, 0) is 0 Å². The molecule has 0 saturated carbocycles. The van der Waals surface area contributed by atoms with Gasteiger partial charge < -0.3 is 19.1 Å². The fraction of sp³-hybridized carbons (Fsp3) is 0.294. The molecule has 24 heavy (non-hydrogen) atoms. The Labute approximate surface area is 145 Å². The molecule has 1 amide bonds. The van der Waals surface area contributed by atoms with Gasteiger partial charge >= 0.3 is 0 Å². The lowest BCUT2D eigenvalue weighted by Gasteiger charge is -2.19. The van der Waals surface area contributed by atoms with E-state index in [1.54, 1.807) is 44.5 Å². The van der Waals surface area contributed by atoms with Crippen LogP contribution in [0.2, 0.25) is 5.02 Å². The van der Waals surface area contributed by atoms with E-state index < -0.39 is 0 Å². The van der Waals surface area contributed by atoms with E-state index >= 15 is 0 Å². The van der Waals surface area contributed by atoms with E-state index in [2.05, 4.69) is 4.98 Å². The maximum atomic E-state index is 12.7. The number of anilines is 1. The molecule has 0 fully saturated rings. The highest BCUT2D eigenvalue weighted by atomic mass is 35.5. The van der Waals surface area contributed by atoms with Crippen LogP contribution >= 0.6 is 11.6 Å². The number of carbonyl (C=O) groups excluding carboxylic acids is 1. The normalized spacial score (nSPS) is 10.2. The standard InChI is InChI=1S/C17H19ClN2O4/c1-5-24-15-9-7-12(18)16(19-15)17(21)20(2)11-6-8-13(22-3)14(10-11)23-4/h6-10H,5H2,1-4H3. The lowest BCUT2D eigenvalue weighted by atomic mass is 10.2. The predicted octanol–water partition coefficient (Wildman–Crippen LogP) is 3.43. The fourth-order valence-electron chi connectivity index (χ4n) is 2.11. The first-order chi connectivity index (χ1) is 11.5. The van der Waals surface area contributed by atoms with Gasteiger partial charge in [-0.25, -0.2) is 4.98 Å². The van der Waals surface area contributed by atoms with Gasteiger partial charge in [0.25, 0.3) is 5.91 Å². The summed E-state index contributed by atoms with van der Waals surface area (Å²) in [7, 11) is 4.72. The van der Waals surface area contributed by atoms with Crippen LogP contribution in [0.3, 0.4) is 0 Å². The number of ether oxygens (including phenoxy) is 3. The van der Waals surface area contributed by atoms with Crippen molar-refractivity contribution in [2.75, 3.05) is 32.8 Å². The lowest BCUT2D eigenvalue weighted by Crippen LogP contribution is -2.27. The topological polar surface area (TPSA) is 60.9 Å². The maximum absolute atomic E-state index is 12.7. The van der Waals surface area contributed by atoms with Crippen LogP contribution in [0.5, 0.6) is 17.4 Å². The van der Waals surface area contributed by atoms with Gasteiger partial charge in [0.15, 0.2) is 17.2 Å². The van der Waals surface area contributed by atoms with Crippen molar-refractivity contribution in [1.29, 1.82) is 0 Å². The molecule has 0 aliphatic rings. The highest BCUT2D eigenvalue weighted by molar-refractivity contribution is 6.34. The van der Waals surface area contributed by atoms with Gasteiger partial charge in [0.1, 0.15) is 0 Å². The molecule has 6 nitrogen and oxygen atoms in total. The Morgan fingerprint density at radius 2 is 1.88 bits per heavy atom. The second-order valence-corrected chi connectivity index (χ2v) is 5.22. The maximum Gasteiger partial charge on any atom is 0.278 e. The molecule has 0 bridgehead atoms. The van der Waals surface area contributed by atoms with Gasteiger partial charge in [0.2, 0.25) is 5.88 Å². The molecule has 7 heteroatoms. The molecule has 0 atom stereocenters. The van der Waals surface area contributed by atoms with E-state index in [4.69, 9.17) is 25.8 Å². The predicted molar refractivity (Wildman–Crippen MR) is 92.7 cm³/mol. The smallest absolute Gasteiger partial charge is 0.278 e. The van der Waals surface area contributed by atoms with Crippen molar-refractivity contribution in [2.45, 2.75) is 6.92 Å². The van der Waals surface area contributed by atoms with Gasteiger partial charge in [0, 0.05) is 24.9 Å². The van der Waals surface area contributed by atoms with E-state index in [-0.39, 0.29) is 16.6 Å². The Bertz CT molecular complexity index is 737. The Hall–Kier alpha value is -2.47. The van der Waals surface area contributed by atoms with Crippen LogP contribution in [0.1, 0.15) is 17.4 Å². The van der Waals surface area contributed by atoms with Crippen LogP contribution in [-0.4, -0.2) is 38.8 Å². The fourth-order valence-corrected chi connectivity index (χ4v) is 2.30. The molecule has 1 aromatic carbocycles. The SMILES string of the molecule is CCOc1ccc(Cl)c(C(=O)N(C)c2ccc(OC)c(OC)c2)n1. The number of amides is 1. The van der Waals surface area contributed by atoms with Crippen molar-refractivity contribution in [3.8, 4) is 17.4 Å². The minimum atomic E-state index is -0.353. The first kappa shape index (κ1) is 17.9. The summed E-state index contributed by atoms with van der Waals surface area (Å²) in [5.41, 5.74) is 0.747. The number of rotatable bonds is 6. The molecular weight excluding hydrogens is 332 g/mol. The third-order valence-corrected chi connectivity index (χ3v) is 3.68. The molecule has 0 aliphatic carbocycles. The van der Waals surface area contributed by atoms with Gasteiger partial charge in [-0.2, -0.15) is 0 Å². The van der Waals surface area contributed by atoms with Crippen molar-refractivity contribution in [1.82, 2.24) is 4.98 Å². The summed E-state index contributed by atoms with van der Waals surface area (Å²) in [5, 5.41) is 0.260. The summed E-state index contributed by atoms with van der Waals surface area (Å²) in [4.78, 5) is 18.3. The zero-order valence-electron chi connectivity index (χ0n) is 14.0. The Balaban J connectivity index is 2.34. The largest absolute Gasteiger partial charge is 0.493 e. The van der Waals surface area contributed by atoms with Crippen molar-refractivity contribution in [3.05, 3.63) is 41.0 Å². The van der Waals surface area contributed by atoms with Gasteiger partial charge in [-0.05, 0) is 25.1 Å². The quantitative estimate of drug-likeness (QED) is 0.798. The van der Waals surface area contributed by atoms with Gasteiger partial charge in [-0.3, -0.25) is 4.79 Å². The molecule has 2 aromatic rings. The molecule has 0 radical (unpaired) electrons. The molecule has 1 aromatic heterocycles. The van der Waals surface area contributed by atoms with Gasteiger partial charge in [-0.1, -0.05) is 11.6 Å². The summed E-state index contributed by atoms with van der Waals surface area (Å²) in [6.45, 7) is 2.29. The minimum Gasteiger partial charge on any atom is -0.493 e. The van der Waals surface area contributed by atoms with Gasteiger partial charge in [0.05, 0.1) is 25.8 Å². The summed E-state index contributed by atoms with van der Waals surface area (Å²) >= 11 is 6.12. The van der Waals surface area contributed by atoms with Crippen LogP contribution < -0.4 is 19.1 Å². The number of methoxy groups -OCH3 is 2. The van der Waals surface area contributed by atoms with E-state index in [1.165, 1.54) is 12.0 Å². The van der Waals surface area contributed by atoms with Crippen LogP contribution in [0.4, 0.5) is 5.69 Å². The number of benzene rings is 1. The van der Waals surface area contributed by atoms with Crippen molar-refractivity contribution < 1.29 is 19.0 Å². The van der Waals surface area contributed by atoms with E-state index in [1.807, 2.05) is 6.92 Å². The zero-order valence-corrected chi connectivity index (χ0v) is 14.8. The monoisotopic (exact) mass is 350 g/mol. The van der Waals surface area contributed by atoms with Crippen LogP contribution in [0, 0.1) is 0 Å². The Morgan fingerprint density at radius 3 is 2.50 bits per heavy atom. The molecular formula is C17H19ClN2O4. The number of nitrogens with zero attached hydrogens (tertiary/aromatic N) is 2. The summed E-state index contributed by atoms with van der Waals surface area (Å²) in [6.07, 6.45) is 0. The van der Waals surface area contributed by atoms with Crippen molar-refractivity contribution in [3.63, 3.8) is 0 Å². The average Bonchev–Trinajstić information content (AvgIpc) is 2.61. The molecule has 2 rings (SSSR count). The van der Waals surface area contributed by atoms with Gasteiger partial charge in [-0.15, -0.1) is 0 Å². The average molecular weight is 351 g/mol. The summed E-state index contributed by atoms with van der Waals surface area (Å²) in [6, 6.07) is 8.40. The summed E-state index contributed by atoms with van der Waals surface area (Å²) < 4.78 is 15.8. The Morgan fingerprint density at radius 1 is 1.17 bits per heavy atom. The van der Waals surface area contributed by atoms with E-state index in [9.17, 15) is 4.79 Å². The number of pyridine rings is 1. The van der Waals surface area contributed by atoms with E-state index in [0.29, 0.717) is 29.7 Å². The molecule has 0 spiro atoms. The Kier molecular flexibility index (Phi) is 5.87. The number of halogens is 1. The highest BCUT2D eigenvalue weighted by Gasteiger charge is 2.20. The second kappa shape index (κ2) is 7.88. The highest BCUT2D eigenvalue weighted by Crippen LogP contribution is 2.32. The molecule has 1 heterocycles. The first-order valence-corrected chi connectivity index (χ1v) is 7.69. The van der Waals surface area contributed by atoms with Crippen LogP contribution in [0.25, 0.3) is 0 Å². The molecule has 0 N–H and O–H groups in total. The molecule has 0 unspecified atom stereocenters. The molecule has 0 saturated heterocycles. The second-order valence-electron chi connectivity index (χ2n) is 4.82. The lowest BCUT2D eigenvalue weighted by molar-refractivity contribution is 0.0987.